The maximum atomic E-state index is 14.1. The Hall–Kier alpha value is -3.78. The van der Waals surface area contributed by atoms with Gasteiger partial charge < -0.3 is 19.5 Å². The zero-order valence-electron chi connectivity index (χ0n) is 20.8. The Morgan fingerprint density at radius 2 is 1.81 bits per heavy atom. The van der Waals surface area contributed by atoms with Crippen molar-refractivity contribution in [3.8, 4) is 11.1 Å². The van der Waals surface area contributed by atoms with E-state index in [-0.39, 0.29) is 30.5 Å². The highest BCUT2D eigenvalue weighted by molar-refractivity contribution is 5.84. The number of aliphatic hydroxyl groups is 1. The Kier molecular flexibility index (Phi) is 5.91. The number of fused-ring (bicyclic) bond motifs is 5. The summed E-state index contributed by atoms with van der Waals surface area (Å²) in [5, 5.41) is 10.5. The third-order valence-corrected chi connectivity index (χ3v) is 8.35. The molecular formula is C29H30N4O4. The van der Waals surface area contributed by atoms with Crippen LogP contribution in [0.3, 0.4) is 0 Å². The third-order valence-electron chi connectivity index (χ3n) is 8.35. The van der Waals surface area contributed by atoms with Crippen molar-refractivity contribution in [2.75, 3.05) is 13.2 Å². The first-order valence-corrected chi connectivity index (χ1v) is 12.9. The van der Waals surface area contributed by atoms with Gasteiger partial charge in [-0.05, 0) is 47.4 Å². The summed E-state index contributed by atoms with van der Waals surface area (Å²) < 4.78 is 1.71. The van der Waals surface area contributed by atoms with Gasteiger partial charge in [-0.25, -0.2) is 0 Å². The van der Waals surface area contributed by atoms with Crippen LogP contribution in [0.2, 0.25) is 0 Å². The van der Waals surface area contributed by atoms with E-state index in [2.05, 4.69) is 11.1 Å². The fourth-order valence-corrected chi connectivity index (χ4v) is 6.56. The van der Waals surface area contributed by atoms with Gasteiger partial charge in [0.05, 0.1) is 18.0 Å². The van der Waals surface area contributed by atoms with E-state index in [4.69, 9.17) is 0 Å². The van der Waals surface area contributed by atoms with Crippen LogP contribution in [0.5, 0.6) is 0 Å². The molecule has 5 heterocycles. The van der Waals surface area contributed by atoms with Gasteiger partial charge in [0.1, 0.15) is 0 Å². The Bertz CT molecular complexity index is 1420. The molecule has 0 aliphatic carbocycles. The zero-order valence-corrected chi connectivity index (χ0v) is 20.8. The van der Waals surface area contributed by atoms with Crippen LogP contribution in [0.4, 0.5) is 0 Å². The molecule has 0 saturated carbocycles. The monoisotopic (exact) mass is 498 g/mol. The predicted molar refractivity (Wildman–Crippen MR) is 137 cm³/mol. The number of carbonyl (C=O) groups excluding carboxylic acids is 2. The summed E-state index contributed by atoms with van der Waals surface area (Å²) in [6.45, 7) is 2.94. The number of benzene rings is 1. The largest absolute Gasteiger partial charge is 0.396 e. The average molecular weight is 499 g/mol. The molecule has 4 atom stereocenters. The highest BCUT2D eigenvalue weighted by Crippen LogP contribution is 2.49. The van der Waals surface area contributed by atoms with Crippen LogP contribution in [0, 0.1) is 11.8 Å². The topological polar surface area (TPSA) is 95.7 Å². The lowest BCUT2D eigenvalue weighted by Crippen LogP contribution is -2.49. The quantitative estimate of drug-likeness (QED) is 0.596. The van der Waals surface area contributed by atoms with Crippen LogP contribution < -0.4 is 5.56 Å². The standard InChI is InChI=1S/C29H30N4O4/c1-2-25(35)33-24-16-32-23(8-7-21(28(32)36)19-9-12-30-13-10-19)27(33)26(22(24)17-34)29(37)31-14-11-18-5-3-4-6-20(18)15-31/h3-10,12-13,22,24,26-27,34H,2,11,14-17H2,1H3/t22-,24-,26+,27+/m0/s1. The van der Waals surface area contributed by atoms with E-state index in [1.54, 1.807) is 40.1 Å². The summed E-state index contributed by atoms with van der Waals surface area (Å²) in [6, 6.07) is 14.4. The minimum atomic E-state index is -0.615. The van der Waals surface area contributed by atoms with Gasteiger partial charge in [-0.2, -0.15) is 0 Å². The second-order valence-corrected chi connectivity index (χ2v) is 10.1. The lowest BCUT2D eigenvalue weighted by atomic mass is 9.85. The first-order chi connectivity index (χ1) is 18.0. The Balaban J connectivity index is 1.43. The molecule has 0 radical (unpaired) electrons. The molecule has 8 heteroatoms. The third kappa shape index (κ3) is 3.70. The first kappa shape index (κ1) is 23.6. The van der Waals surface area contributed by atoms with Crippen LogP contribution >= 0.6 is 0 Å². The van der Waals surface area contributed by atoms with E-state index in [1.807, 2.05) is 36.1 Å². The number of aliphatic hydroxyl groups excluding tert-OH is 1. The van der Waals surface area contributed by atoms with E-state index in [0.717, 1.165) is 17.5 Å². The van der Waals surface area contributed by atoms with Gasteiger partial charge in [0, 0.05) is 62.2 Å². The summed E-state index contributed by atoms with van der Waals surface area (Å²) in [5.41, 5.74) is 4.21. The molecule has 3 aliphatic rings. The molecule has 37 heavy (non-hydrogen) atoms. The fourth-order valence-electron chi connectivity index (χ4n) is 6.56. The second-order valence-electron chi connectivity index (χ2n) is 10.1. The molecule has 1 aromatic carbocycles. The first-order valence-electron chi connectivity index (χ1n) is 12.9. The van der Waals surface area contributed by atoms with E-state index in [9.17, 15) is 19.5 Å². The molecule has 0 spiro atoms. The molecule has 8 nitrogen and oxygen atoms in total. The molecule has 1 saturated heterocycles. The molecular weight excluding hydrogens is 468 g/mol. The Morgan fingerprint density at radius 1 is 1.05 bits per heavy atom. The van der Waals surface area contributed by atoms with E-state index >= 15 is 0 Å². The normalized spacial score (nSPS) is 23.9. The number of pyridine rings is 2. The SMILES string of the molecule is CCC(=O)N1[C@@H]2c3ccc(-c4ccncc4)c(=O)n3C[C@H]1[C@H](CO)[C@H]2C(=O)N1CCc2ccccc2C1. The predicted octanol–water partition coefficient (Wildman–Crippen LogP) is 2.40. The number of amides is 2. The van der Waals surface area contributed by atoms with Crippen molar-refractivity contribution in [3.05, 3.63) is 88.1 Å². The summed E-state index contributed by atoms with van der Waals surface area (Å²) in [5.74, 6) is -1.19. The Labute approximate surface area is 215 Å². The van der Waals surface area contributed by atoms with Gasteiger partial charge in [-0.1, -0.05) is 31.2 Å². The van der Waals surface area contributed by atoms with Gasteiger partial charge in [0.2, 0.25) is 11.8 Å². The number of nitrogens with zero attached hydrogens (tertiary/aromatic N) is 4. The van der Waals surface area contributed by atoms with Crippen LogP contribution in [0.1, 0.15) is 36.2 Å². The van der Waals surface area contributed by atoms with Crippen molar-refractivity contribution in [1.29, 1.82) is 0 Å². The summed E-state index contributed by atoms with van der Waals surface area (Å²) >= 11 is 0. The van der Waals surface area contributed by atoms with Crippen LogP contribution in [-0.4, -0.2) is 55.5 Å². The van der Waals surface area contributed by atoms with Crippen molar-refractivity contribution >= 4 is 11.8 Å². The zero-order chi connectivity index (χ0) is 25.7. The van der Waals surface area contributed by atoms with Crippen LogP contribution in [0.15, 0.2) is 65.7 Å². The highest BCUT2D eigenvalue weighted by atomic mass is 16.3. The molecule has 190 valence electrons. The van der Waals surface area contributed by atoms with Crippen molar-refractivity contribution in [2.24, 2.45) is 11.8 Å². The number of carbonyl (C=O) groups is 2. The smallest absolute Gasteiger partial charge is 0.258 e. The maximum Gasteiger partial charge on any atom is 0.258 e. The van der Waals surface area contributed by atoms with Gasteiger partial charge in [-0.15, -0.1) is 0 Å². The van der Waals surface area contributed by atoms with Gasteiger partial charge >= 0.3 is 0 Å². The fraction of sp³-hybridized carbons (Fsp3) is 0.379. The van der Waals surface area contributed by atoms with Crippen molar-refractivity contribution in [1.82, 2.24) is 19.4 Å². The Morgan fingerprint density at radius 3 is 2.54 bits per heavy atom. The summed E-state index contributed by atoms with van der Waals surface area (Å²) in [7, 11) is 0. The van der Waals surface area contributed by atoms with Crippen molar-refractivity contribution < 1.29 is 14.7 Å². The number of aromatic nitrogens is 2. The van der Waals surface area contributed by atoms with Crippen molar-refractivity contribution in [3.63, 3.8) is 0 Å². The molecule has 3 aliphatic heterocycles. The molecule has 2 bridgehead atoms. The number of hydrogen-bond donors (Lipinski definition) is 1. The van der Waals surface area contributed by atoms with E-state index in [1.165, 1.54) is 5.56 Å². The van der Waals surface area contributed by atoms with Crippen LogP contribution in [0.25, 0.3) is 11.1 Å². The lowest BCUT2D eigenvalue weighted by molar-refractivity contribution is -0.140. The molecule has 2 amide bonds. The molecule has 1 N–H and O–H groups in total. The maximum absolute atomic E-state index is 14.1. The average Bonchev–Trinajstić information content (AvgIpc) is 3.19. The highest BCUT2D eigenvalue weighted by Gasteiger charge is 2.57. The molecule has 6 rings (SSSR count). The number of rotatable bonds is 4. The van der Waals surface area contributed by atoms with Crippen molar-refractivity contribution in [2.45, 2.75) is 44.9 Å². The number of hydrogen-bond acceptors (Lipinski definition) is 5. The second kappa shape index (κ2) is 9.27. The lowest BCUT2D eigenvalue weighted by Gasteiger charge is -2.39. The summed E-state index contributed by atoms with van der Waals surface area (Å²) in [4.78, 5) is 48.7. The molecule has 1 fully saturated rings. The van der Waals surface area contributed by atoms with Gasteiger partial charge in [-0.3, -0.25) is 19.4 Å². The van der Waals surface area contributed by atoms with Gasteiger partial charge in [0.15, 0.2) is 0 Å². The van der Waals surface area contributed by atoms with Crippen LogP contribution in [-0.2, 0) is 29.1 Å². The van der Waals surface area contributed by atoms with Gasteiger partial charge in [0.25, 0.3) is 5.56 Å². The minimum absolute atomic E-state index is 0.0611. The molecule has 0 unspecified atom stereocenters. The van der Waals surface area contributed by atoms with E-state index in [0.29, 0.717) is 30.8 Å². The van der Waals surface area contributed by atoms with E-state index < -0.39 is 23.9 Å². The molecule has 2 aromatic heterocycles. The molecule has 3 aromatic rings. The summed E-state index contributed by atoms with van der Waals surface area (Å²) in [6.07, 6.45) is 4.37. The minimum Gasteiger partial charge on any atom is -0.396 e.